The molecule has 1 saturated heterocycles. The van der Waals surface area contributed by atoms with Crippen LogP contribution in [0.1, 0.15) is 25.8 Å². The van der Waals surface area contributed by atoms with Crippen molar-refractivity contribution in [3.63, 3.8) is 0 Å². The number of fused-ring (bicyclic) bond motifs is 1. The molecule has 1 amide bonds. The predicted octanol–water partition coefficient (Wildman–Crippen LogP) is 3.36. The number of amides is 1. The molecule has 34 heavy (non-hydrogen) atoms. The normalized spacial score (nSPS) is 17.3. The third kappa shape index (κ3) is 5.70. The van der Waals surface area contributed by atoms with Crippen LogP contribution in [0.2, 0.25) is 0 Å². The number of hydrogen-bond donors (Lipinski definition) is 0. The smallest absolute Gasteiger partial charge is 0.262 e. The van der Waals surface area contributed by atoms with Crippen molar-refractivity contribution in [3.8, 4) is 0 Å². The molecule has 180 valence electrons. The fourth-order valence-corrected chi connectivity index (χ4v) is 6.84. The third-order valence-electron chi connectivity index (χ3n) is 5.86. The Balaban J connectivity index is 1.60. The van der Waals surface area contributed by atoms with E-state index >= 15 is 0 Å². The first-order valence-corrected chi connectivity index (χ1v) is 14.2. The minimum atomic E-state index is -3.14. The Morgan fingerprint density at radius 2 is 1.85 bits per heavy atom. The van der Waals surface area contributed by atoms with Crippen LogP contribution in [-0.4, -0.2) is 52.1 Å². The highest BCUT2D eigenvalue weighted by Gasteiger charge is 2.34. The first-order valence-electron chi connectivity index (χ1n) is 11.4. The standard InChI is InChI=1S/C25H29N3O4S2/c1-18(2)14-28-24(30)21-10-6-7-11-22(21)26-25(28)33-16-23(29)27(15-19-8-4-3-5-9-19)20-12-13-34(31,32)17-20/h3-11,18,20H,12-17H2,1-2H3/t20-/m0/s1. The molecule has 1 atom stereocenters. The molecular weight excluding hydrogens is 470 g/mol. The number of benzene rings is 2. The molecule has 1 aliphatic heterocycles. The van der Waals surface area contributed by atoms with E-state index in [1.807, 2.05) is 56.3 Å². The summed E-state index contributed by atoms with van der Waals surface area (Å²) in [5.41, 5.74) is 1.44. The van der Waals surface area contributed by atoms with E-state index in [0.29, 0.717) is 35.6 Å². The quantitative estimate of drug-likeness (QED) is 0.349. The average Bonchev–Trinajstić information content (AvgIpc) is 3.17. The number of rotatable bonds is 8. The van der Waals surface area contributed by atoms with Crippen LogP contribution in [0.5, 0.6) is 0 Å². The van der Waals surface area contributed by atoms with Crippen molar-refractivity contribution in [2.45, 2.75) is 44.6 Å². The number of nitrogens with zero attached hydrogens (tertiary/aromatic N) is 3. The summed E-state index contributed by atoms with van der Waals surface area (Å²) in [5, 5.41) is 1.06. The average molecular weight is 500 g/mol. The maximum Gasteiger partial charge on any atom is 0.262 e. The van der Waals surface area contributed by atoms with Gasteiger partial charge in [0.25, 0.3) is 5.56 Å². The number of thioether (sulfide) groups is 1. The summed E-state index contributed by atoms with van der Waals surface area (Å²) >= 11 is 1.23. The molecule has 0 radical (unpaired) electrons. The van der Waals surface area contributed by atoms with E-state index in [2.05, 4.69) is 4.98 Å². The molecule has 0 unspecified atom stereocenters. The summed E-state index contributed by atoms with van der Waals surface area (Å²) in [5.74, 6) is 0.238. The maximum absolute atomic E-state index is 13.4. The molecule has 9 heteroatoms. The van der Waals surface area contributed by atoms with E-state index in [9.17, 15) is 18.0 Å². The summed E-state index contributed by atoms with van der Waals surface area (Å²) in [4.78, 5) is 32.9. The van der Waals surface area contributed by atoms with Crippen molar-refractivity contribution >= 4 is 38.4 Å². The number of sulfone groups is 1. The molecular formula is C25H29N3O4S2. The van der Waals surface area contributed by atoms with E-state index in [4.69, 9.17) is 0 Å². The van der Waals surface area contributed by atoms with Gasteiger partial charge >= 0.3 is 0 Å². The van der Waals surface area contributed by atoms with Gasteiger partial charge in [-0.2, -0.15) is 0 Å². The lowest BCUT2D eigenvalue weighted by Gasteiger charge is -2.28. The van der Waals surface area contributed by atoms with Gasteiger partial charge in [-0.1, -0.05) is 68.1 Å². The van der Waals surface area contributed by atoms with Crippen molar-refractivity contribution in [1.82, 2.24) is 14.5 Å². The minimum absolute atomic E-state index is 0.0114. The Labute approximate surface area is 204 Å². The van der Waals surface area contributed by atoms with Crippen LogP contribution in [-0.2, 0) is 27.7 Å². The predicted molar refractivity (Wildman–Crippen MR) is 136 cm³/mol. The summed E-state index contributed by atoms with van der Waals surface area (Å²) < 4.78 is 25.9. The molecule has 0 spiro atoms. The SMILES string of the molecule is CC(C)Cn1c(SCC(=O)N(Cc2ccccc2)[C@H]2CCS(=O)(=O)C2)nc2ccccc2c1=O. The van der Waals surface area contributed by atoms with Gasteiger partial charge < -0.3 is 4.90 Å². The fraction of sp³-hybridized carbons (Fsp3) is 0.400. The number of carbonyl (C=O) groups excluding carboxylic acids is 1. The summed E-state index contributed by atoms with van der Waals surface area (Å²) in [6.07, 6.45) is 0.442. The van der Waals surface area contributed by atoms with Gasteiger partial charge in [0.05, 0.1) is 28.2 Å². The Kier molecular flexibility index (Phi) is 7.42. The molecule has 2 aromatic carbocycles. The van der Waals surface area contributed by atoms with Gasteiger partial charge in [0.15, 0.2) is 15.0 Å². The Morgan fingerprint density at radius 3 is 2.53 bits per heavy atom. The number of hydrogen-bond acceptors (Lipinski definition) is 6. The molecule has 7 nitrogen and oxygen atoms in total. The van der Waals surface area contributed by atoms with Gasteiger partial charge in [0, 0.05) is 19.1 Å². The van der Waals surface area contributed by atoms with E-state index in [-0.39, 0.29) is 40.7 Å². The van der Waals surface area contributed by atoms with E-state index in [0.717, 1.165) is 5.56 Å². The monoisotopic (exact) mass is 499 g/mol. The molecule has 1 fully saturated rings. The molecule has 0 bridgehead atoms. The number of carbonyl (C=O) groups is 1. The van der Waals surface area contributed by atoms with Gasteiger partial charge in [-0.3, -0.25) is 14.2 Å². The molecule has 4 rings (SSSR count). The topological polar surface area (TPSA) is 89.3 Å². The van der Waals surface area contributed by atoms with E-state index in [1.165, 1.54) is 11.8 Å². The van der Waals surface area contributed by atoms with Gasteiger partial charge in [0.1, 0.15) is 0 Å². The largest absolute Gasteiger partial charge is 0.334 e. The van der Waals surface area contributed by atoms with Crippen molar-refractivity contribution in [2.24, 2.45) is 5.92 Å². The molecule has 2 heterocycles. The zero-order valence-corrected chi connectivity index (χ0v) is 21.0. The van der Waals surface area contributed by atoms with Crippen molar-refractivity contribution < 1.29 is 13.2 Å². The molecule has 0 saturated carbocycles. The molecule has 0 N–H and O–H groups in total. The first-order chi connectivity index (χ1) is 16.2. The zero-order valence-electron chi connectivity index (χ0n) is 19.4. The summed E-state index contributed by atoms with van der Waals surface area (Å²) in [6.45, 7) is 4.92. The highest BCUT2D eigenvalue weighted by molar-refractivity contribution is 7.99. The highest BCUT2D eigenvalue weighted by Crippen LogP contribution is 2.24. The summed E-state index contributed by atoms with van der Waals surface area (Å²) in [6, 6.07) is 16.5. The van der Waals surface area contributed by atoms with Gasteiger partial charge in [-0.05, 0) is 30.0 Å². The van der Waals surface area contributed by atoms with Crippen molar-refractivity contribution in [1.29, 1.82) is 0 Å². The number of para-hydroxylation sites is 1. The lowest BCUT2D eigenvalue weighted by atomic mass is 10.1. The minimum Gasteiger partial charge on any atom is -0.334 e. The van der Waals surface area contributed by atoms with Crippen LogP contribution >= 0.6 is 11.8 Å². The fourth-order valence-electron chi connectivity index (χ4n) is 4.22. The second-order valence-corrected chi connectivity index (χ2v) is 12.2. The van der Waals surface area contributed by atoms with Crippen LogP contribution in [0.4, 0.5) is 0 Å². The Morgan fingerprint density at radius 1 is 1.15 bits per heavy atom. The first kappa shape index (κ1) is 24.5. The zero-order chi connectivity index (χ0) is 24.3. The van der Waals surface area contributed by atoms with Crippen LogP contribution in [0.3, 0.4) is 0 Å². The number of aromatic nitrogens is 2. The lowest BCUT2D eigenvalue weighted by Crippen LogP contribution is -2.41. The van der Waals surface area contributed by atoms with E-state index < -0.39 is 9.84 Å². The van der Waals surface area contributed by atoms with Crippen LogP contribution in [0.15, 0.2) is 64.5 Å². The molecule has 3 aromatic rings. The van der Waals surface area contributed by atoms with Gasteiger partial charge in [0.2, 0.25) is 5.91 Å². The molecule has 0 aliphatic carbocycles. The van der Waals surface area contributed by atoms with E-state index in [1.54, 1.807) is 21.6 Å². The maximum atomic E-state index is 13.4. The Bertz CT molecular complexity index is 1340. The van der Waals surface area contributed by atoms with Gasteiger partial charge in [-0.25, -0.2) is 13.4 Å². The van der Waals surface area contributed by atoms with Crippen molar-refractivity contribution in [2.75, 3.05) is 17.3 Å². The molecule has 1 aliphatic rings. The molecule has 1 aromatic heterocycles. The van der Waals surface area contributed by atoms with Crippen LogP contribution in [0, 0.1) is 5.92 Å². The second kappa shape index (κ2) is 10.3. The highest BCUT2D eigenvalue weighted by atomic mass is 32.2. The third-order valence-corrected chi connectivity index (χ3v) is 8.58. The second-order valence-electron chi connectivity index (χ2n) is 9.07. The van der Waals surface area contributed by atoms with Crippen LogP contribution in [0.25, 0.3) is 10.9 Å². The van der Waals surface area contributed by atoms with Crippen LogP contribution < -0.4 is 5.56 Å². The van der Waals surface area contributed by atoms with Gasteiger partial charge in [-0.15, -0.1) is 0 Å². The summed E-state index contributed by atoms with van der Waals surface area (Å²) in [7, 11) is -3.14. The Hall–Kier alpha value is -2.65. The lowest BCUT2D eigenvalue weighted by molar-refractivity contribution is -0.130. The van der Waals surface area contributed by atoms with Crippen molar-refractivity contribution in [3.05, 3.63) is 70.5 Å².